The molecule has 1 saturated heterocycles. The lowest BCUT2D eigenvalue weighted by atomic mass is 9.48. The van der Waals surface area contributed by atoms with Gasteiger partial charge in [-0.1, -0.05) is 6.92 Å². The van der Waals surface area contributed by atoms with Gasteiger partial charge < -0.3 is 10.4 Å². The molecule has 5 atom stereocenters. The van der Waals surface area contributed by atoms with E-state index in [1.807, 2.05) is 0 Å². The summed E-state index contributed by atoms with van der Waals surface area (Å²) in [6, 6.07) is 0. The van der Waals surface area contributed by atoms with Gasteiger partial charge in [0.05, 0.1) is 10.9 Å². The average molecular weight is 266 g/mol. The summed E-state index contributed by atoms with van der Waals surface area (Å²) < 4.78 is 0. The summed E-state index contributed by atoms with van der Waals surface area (Å²) in [5, 5.41) is 11.5. The van der Waals surface area contributed by atoms with Gasteiger partial charge in [0.2, 0.25) is 0 Å². The summed E-state index contributed by atoms with van der Waals surface area (Å²) in [4.78, 5) is 22.7. The van der Waals surface area contributed by atoms with Crippen molar-refractivity contribution < 1.29 is 14.7 Å². The molecule has 1 aliphatic carbocycles. The van der Waals surface area contributed by atoms with E-state index in [0.717, 1.165) is 0 Å². The van der Waals surface area contributed by atoms with Crippen molar-refractivity contribution in [3.8, 4) is 0 Å². The van der Waals surface area contributed by atoms with Crippen LogP contribution in [-0.4, -0.2) is 34.3 Å². The Kier molecular flexibility index (Phi) is 2.93. The Morgan fingerprint density at radius 2 is 2.19 bits per heavy atom. The number of alkyl halides is 2. The predicted octanol–water partition coefficient (Wildman–Crippen LogP) is 1.06. The van der Waals surface area contributed by atoms with Gasteiger partial charge in [0.1, 0.15) is 5.92 Å². The third kappa shape index (κ3) is 1.33. The summed E-state index contributed by atoms with van der Waals surface area (Å²) in [6.07, 6.45) is 0.578. The number of ketones is 1. The highest BCUT2D eigenvalue weighted by molar-refractivity contribution is 6.31. The number of nitrogens with one attached hydrogen (secondary N) is 1. The summed E-state index contributed by atoms with van der Waals surface area (Å²) in [6.45, 7) is 2.34. The van der Waals surface area contributed by atoms with E-state index >= 15 is 0 Å². The highest BCUT2D eigenvalue weighted by Gasteiger charge is 2.67. The number of halogens is 2. The van der Waals surface area contributed by atoms with Crippen LogP contribution in [0.5, 0.6) is 0 Å². The minimum atomic E-state index is -1.08. The van der Waals surface area contributed by atoms with E-state index in [9.17, 15) is 9.59 Å². The number of hydrogen-bond acceptors (Lipinski definition) is 3. The molecular weight excluding hydrogens is 253 g/mol. The number of Topliss-reactive ketones (excluding diaryl/α,β-unsaturated/α-hetero) is 1. The highest BCUT2D eigenvalue weighted by Crippen LogP contribution is 2.57. The van der Waals surface area contributed by atoms with Gasteiger partial charge >= 0.3 is 5.97 Å². The lowest BCUT2D eigenvalue weighted by Gasteiger charge is -2.57. The van der Waals surface area contributed by atoms with Crippen molar-refractivity contribution in [2.24, 2.45) is 17.3 Å². The van der Waals surface area contributed by atoms with E-state index in [1.165, 1.54) is 0 Å². The number of piperidine rings is 1. The molecule has 0 amide bonds. The minimum absolute atomic E-state index is 0.232. The Morgan fingerprint density at radius 1 is 1.56 bits per heavy atom. The quantitative estimate of drug-likeness (QED) is 0.423. The molecule has 5 unspecified atom stereocenters. The van der Waals surface area contributed by atoms with E-state index in [0.29, 0.717) is 13.0 Å². The van der Waals surface area contributed by atoms with Crippen LogP contribution in [0, 0.1) is 17.3 Å². The van der Waals surface area contributed by atoms with E-state index in [1.54, 1.807) is 6.92 Å². The Bertz CT molecular complexity index is 349. The van der Waals surface area contributed by atoms with E-state index in [-0.39, 0.29) is 11.7 Å². The molecule has 2 N–H and O–H groups in total. The molecule has 90 valence electrons. The maximum absolute atomic E-state index is 11.6. The third-order valence-corrected chi connectivity index (χ3v) is 5.16. The topological polar surface area (TPSA) is 66.4 Å². The molecule has 16 heavy (non-hydrogen) atoms. The monoisotopic (exact) mass is 265 g/mol. The number of carboxylic acid groups (broad SMARTS) is 1. The van der Waals surface area contributed by atoms with Crippen LogP contribution in [0.3, 0.4) is 0 Å². The second-order valence-electron chi connectivity index (χ2n) is 4.52. The Labute approximate surface area is 103 Å². The largest absolute Gasteiger partial charge is 0.481 e. The molecule has 0 aromatic heterocycles. The average Bonchev–Trinajstić information content (AvgIpc) is 2.23. The molecule has 1 spiro atoms. The van der Waals surface area contributed by atoms with Gasteiger partial charge in [0.15, 0.2) is 5.78 Å². The summed E-state index contributed by atoms with van der Waals surface area (Å²) in [5.41, 5.74) is -1.16. The molecule has 0 radical (unpaired) electrons. The summed E-state index contributed by atoms with van der Waals surface area (Å²) >= 11 is 12.2. The van der Waals surface area contributed by atoms with Crippen molar-refractivity contribution >= 4 is 35.0 Å². The van der Waals surface area contributed by atoms with E-state index in [4.69, 9.17) is 28.3 Å². The van der Waals surface area contributed by atoms with Crippen LogP contribution in [0.25, 0.3) is 0 Å². The first-order valence-corrected chi connectivity index (χ1v) is 6.08. The maximum atomic E-state index is 11.6. The van der Waals surface area contributed by atoms with Crippen molar-refractivity contribution in [1.82, 2.24) is 5.32 Å². The van der Waals surface area contributed by atoms with Gasteiger partial charge in [0.25, 0.3) is 0 Å². The molecule has 4 nitrogen and oxygen atoms in total. The molecule has 6 heteroatoms. The predicted molar refractivity (Wildman–Crippen MR) is 59.6 cm³/mol. The van der Waals surface area contributed by atoms with Gasteiger partial charge in [-0.25, -0.2) is 0 Å². The SMILES string of the molecule is CC1C(=O)C(C(=O)O)C12CCNC(Cl)C2Cl. The van der Waals surface area contributed by atoms with Crippen LogP contribution in [0.1, 0.15) is 13.3 Å². The van der Waals surface area contributed by atoms with Gasteiger partial charge in [-0.15, -0.1) is 23.2 Å². The van der Waals surface area contributed by atoms with Crippen LogP contribution in [0.2, 0.25) is 0 Å². The molecule has 1 heterocycles. The van der Waals surface area contributed by atoms with Crippen LogP contribution in [-0.2, 0) is 9.59 Å². The Balaban J connectivity index is 2.35. The van der Waals surface area contributed by atoms with Crippen molar-refractivity contribution in [3.05, 3.63) is 0 Å². The smallest absolute Gasteiger partial charge is 0.314 e. The fourth-order valence-corrected chi connectivity index (χ4v) is 3.84. The number of carboxylic acids is 1. The van der Waals surface area contributed by atoms with Gasteiger partial charge in [-0.3, -0.25) is 9.59 Å². The van der Waals surface area contributed by atoms with Crippen molar-refractivity contribution in [2.75, 3.05) is 6.54 Å². The standard InChI is InChI=1S/C10H13Cl2NO3/c1-4-6(14)5(9(15)16)10(4)2-3-13-8(12)7(10)11/h4-5,7-8,13H,2-3H2,1H3,(H,15,16). The molecule has 2 fully saturated rings. The third-order valence-electron chi connectivity index (χ3n) is 3.97. The highest BCUT2D eigenvalue weighted by atomic mass is 35.5. The zero-order valence-electron chi connectivity index (χ0n) is 8.74. The summed E-state index contributed by atoms with van der Waals surface area (Å²) in [5.74, 6) is -2.63. The zero-order valence-corrected chi connectivity index (χ0v) is 10.3. The number of aliphatic carboxylic acids is 1. The molecule has 2 aliphatic rings. The maximum Gasteiger partial charge on any atom is 0.314 e. The van der Waals surface area contributed by atoms with E-state index < -0.39 is 28.2 Å². The van der Waals surface area contributed by atoms with Gasteiger partial charge in [-0.2, -0.15) is 0 Å². The molecule has 2 rings (SSSR count). The van der Waals surface area contributed by atoms with Crippen molar-refractivity contribution in [2.45, 2.75) is 24.2 Å². The zero-order chi connectivity index (χ0) is 12.1. The molecule has 0 aromatic rings. The first kappa shape index (κ1) is 12.1. The minimum Gasteiger partial charge on any atom is -0.481 e. The molecule has 0 aromatic carbocycles. The Morgan fingerprint density at radius 3 is 2.75 bits per heavy atom. The van der Waals surface area contributed by atoms with Crippen LogP contribution in [0.4, 0.5) is 0 Å². The Hall–Kier alpha value is -0.320. The first-order chi connectivity index (χ1) is 7.43. The van der Waals surface area contributed by atoms with Crippen molar-refractivity contribution in [1.29, 1.82) is 0 Å². The fraction of sp³-hybridized carbons (Fsp3) is 0.800. The second kappa shape index (κ2) is 3.86. The van der Waals surface area contributed by atoms with Gasteiger partial charge in [0, 0.05) is 11.3 Å². The van der Waals surface area contributed by atoms with Crippen LogP contribution < -0.4 is 5.32 Å². The normalized spacial score (nSPS) is 47.8. The van der Waals surface area contributed by atoms with Crippen molar-refractivity contribution in [3.63, 3.8) is 0 Å². The number of carbonyl (C=O) groups is 2. The molecule has 1 aliphatic heterocycles. The fourth-order valence-electron chi connectivity index (χ4n) is 2.98. The number of carbonyl (C=O) groups excluding carboxylic acids is 1. The van der Waals surface area contributed by atoms with E-state index in [2.05, 4.69) is 5.32 Å². The number of hydrogen-bond donors (Lipinski definition) is 2. The van der Waals surface area contributed by atoms with Crippen LogP contribution in [0.15, 0.2) is 0 Å². The number of rotatable bonds is 1. The van der Waals surface area contributed by atoms with Crippen LogP contribution >= 0.6 is 23.2 Å². The molecule has 1 saturated carbocycles. The lowest BCUT2D eigenvalue weighted by Crippen LogP contribution is -2.69. The summed E-state index contributed by atoms with van der Waals surface area (Å²) in [7, 11) is 0. The lowest BCUT2D eigenvalue weighted by molar-refractivity contribution is -0.174. The first-order valence-electron chi connectivity index (χ1n) is 5.21. The molecule has 0 bridgehead atoms. The van der Waals surface area contributed by atoms with Gasteiger partial charge in [-0.05, 0) is 13.0 Å². The molecular formula is C10H13Cl2NO3. The second-order valence-corrected chi connectivity index (χ2v) is 5.46.